The van der Waals surface area contributed by atoms with Crippen LogP contribution in [-0.4, -0.2) is 51.1 Å². The number of alkyl halides is 3. The van der Waals surface area contributed by atoms with Crippen LogP contribution >= 0.6 is 0 Å². The summed E-state index contributed by atoms with van der Waals surface area (Å²) in [7, 11) is 1.71. The number of amides is 2. The van der Waals surface area contributed by atoms with Crippen molar-refractivity contribution in [3.8, 4) is 0 Å². The molecule has 6 nitrogen and oxygen atoms in total. The largest absolute Gasteiger partial charge is 0.416 e. The fourth-order valence-corrected chi connectivity index (χ4v) is 3.53. The topological polar surface area (TPSA) is 65.9 Å². The summed E-state index contributed by atoms with van der Waals surface area (Å²) in [5.74, 6) is -0.537. The third kappa shape index (κ3) is 6.35. The molecular formula is C20H28F3N4O2+. The Morgan fingerprint density at radius 1 is 1.10 bits per heavy atom. The SMILES string of the molecule is C[NH+](CC(=O)Nc1cc(C(F)(F)F)ccc1N1CCCCC1)CC(=O)NC1CC1. The van der Waals surface area contributed by atoms with Crippen LogP contribution in [0.5, 0.6) is 0 Å². The van der Waals surface area contributed by atoms with E-state index in [1.807, 2.05) is 4.90 Å². The van der Waals surface area contributed by atoms with E-state index in [2.05, 4.69) is 10.6 Å². The highest BCUT2D eigenvalue weighted by atomic mass is 19.4. The van der Waals surface area contributed by atoms with Gasteiger partial charge in [0.2, 0.25) is 0 Å². The summed E-state index contributed by atoms with van der Waals surface area (Å²) in [6.45, 7) is 1.64. The number of halogens is 3. The van der Waals surface area contributed by atoms with Crippen LogP contribution in [0.1, 0.15) is 37.7 Å². The van der Waals surface area contributed by atoms with Gasteiger partial charge in [-0.05, 0) is 50.3 Å². The van der Waals surface area contributed by atoms with Gasteiger partial charge in [0.15, 0.2) is 13.1 Å². The summed E-state index contributed by atoms with van der Waals surface area (Å²) in [6.07, 6.45) is 0.522. The van der Waals surface area contributed by atoms with E-state index in [-0.39, 0.29) is 30.7 Å². The molecule has 29 heavy (non-hydrogen) atoms. The Morgan fingerprint density at radius 2 is 1.76 bits per heavy atom. The van der Waals surface area contributed by atoms with E-state index in [1.54, 1.807) is 7.05 Å². The molecular weight excluding hydrogens is 385 g/mol. The Balaban J connectivity index is 1.67. The second kappa shape index (κ2) is 9.02. The maximum atomic E-state index is 13.2. The molecule has 1 atom stereocenters. The van der Waals surface area contributed by atoms with Gasteiger partial charge in [-0.15, -0.1) is 0 Å². The van der Waals surface area contributed by atoms with Gasteiger partial charge in [0, 0.05) is 19.1 Å². The van der Waals surface area contributed by atoms with Crippen molar-refractivity contribution in [1.82, 2.24) is 5.32 Å². The lowest BCUT2D eigenvalue weighted by Gasteiger charge is -2.31. The van der Waals surface area contributed by atoms with E-state index in [9.17, 15) is 22.8 Å². The number of likely N-dealkylation sites (N-methyl/N-ethyl adjacent to an activating group) is 1. The summed E-state index contributed by atoms with van der Waals surface area (Å²) in [5.41, 5.74) is -0.0183. The summed E-state index contributed by atoms with van der Waals surface area (Å²) in [5, 5.41) is 5.51. The number of carbonyl (C=O) groups is 2. The van der Waals surface area contributed by atoms with E-state index in [0.717, 1.165) is 57.3 Å². The second-order valence-corrected chi connectivity index (χ2v) is 7.98. The number of piperidine rings is 1. The van der Waals surface area contributed by atoms with Crippen molar-refractivity contribution in [2.24, 2.45) is 0 Å². The molecule has 0 aromatic heterocycles. The van der Waals surface area contributed by atoms with E-state index in [4.69, 9.17) is 0 Å². The number of benzene rings is 1. The molecule has 2 amide bonds. The monoisotopic (exact) mass is 413 g/mol. The predicted octanol–water partition coefficient (Wildman–Crippen LogP) is 1.43. The lowest BCUT2D eigenvalue weighted by Crippen LogP contribution is -3.11. The van der Waals surface area contributed by atoms with Crippen LogP contribution in [0, 0.1) is 0 Å². The molecule has 1 aromatic carbocycles. The molecule has 1 unspecified atom stereocenters. The molecule has 0 radical (unpaired) electrons. The summed E-state index contributed by atoms with van der Waals surface area (Å²) >= 11 is 0. The smallest absolute Gasteiger partial charge is 0.370 e. The number of hydrogen-bond acceptors (Lipinski definition) is 3. The third-order valence-electron chi connectivity index (χ3n) is 5.16. The molecule has 1 saturated carbocycles. The Morgan fingerprint density at radius 3 is 2.38 bits per heavy atom. The summed E-state index contributed by atoms with van der Waals surface area (Å²) in [6, 6.07) is 3.74. The molecule has 2 fully saturated rings. The van der Waals surface area contributed by atoms with E-state index in [0.29, 0.717) is 10.6 Å². The van der Waals surface area contributed by atoms with Gasteiger partial charge in [0.05, 0.1) is 24.0 Å². The third-order valence-corrected chi connectivity index (χ3v) is 5.16. The highest BCUT2D eigenvalue weighted by Crippen LogP contribution is 2.36. The number of quaternary nitrogens is 1. The first-order chi connectivity index (χ1) is 13.7. The van der Waals surface area contributed by atoms with Crippen LogP contribution in [-0.2, 0) is 15.8 Å². The van der Waals surface area contributed by atoms with Crippen LogP contribution in [0.4, 0.5) is 24.5 Å². The lowest BCUT2D eigenvalue weighted by molar-refractivity contribution is -0.862. The van der Waals surface area contributed by atoms with Crippen molar-refractivity contribution >= 4 is 23.2 Å². The Kier molecular flexibility index (Phi) is 6.66. The van der Waals surface area contributed by atoms with Crippen LogP contribution in [0.2, 0.25) is 0 Å². The molecule has 9 heteroatoms. The van der Waals surface area contributed by atoms with Gasteiger partial charge in [-0.1, -0.05) is 0 Å². The minimum absolute atomic E-state index is 0.00618. The summed E-state index contributed by atoms with van der Waals surface area (Å²) < 4.78 is 39.5. The van der Waals surface area contributed by atoms with Gasteiger partial charge in [0.1, 0.15) is 0 Å². The predicted molar refractivity (Wildman–Crippen MR) is 104 cm³/mol. The minimum atomic E-state index is -4.48. The van der Waals surface area contributed by atoms with Crippen LogP contribution in [0.3, 0.4) is 0 Å². The lowest BCUT2D eigenvalue weighted by atomic mass is 10.1. The van der Waals surface area contributed by atoms with Gasteiger partial charge in [-0.3, -0.25) is 9.59 Å². The first-order valence-electron chi connectivity index (χ1n) is 10.1. The number of hydrogen-bond donors (Lipinski definition) is 3. The molecule has 1 aliphatic heterocycles. The highest BCUT2D eigenvalue weighted by Gasteiger charge is 2.32. The van der Waals surface area contributed by atoms with Crippen molar-refractivity contribution in [2.75, 3.05) is 43.4 Å². The number of anilines is 2. The van der Waals surface area contributed by atoms with E-state index in [1.165, 1.54) is 6.07 Å². The number of nitrogens with zero attached hydrogens (tertiary/aromatic N) is 1. The molecule has 1 heterocycles. The van der Waals surface area contributed by atoms with Gasteiger partial charge in [-0.2, -0.15) is 13.2 Å². The van der Waals surface area contributed by atoms with Crippen molar-refractivity contribution in [2.45, 2.75) is 44.3 Å². The fourth-order valence-electron chi connectivity index (χ4n) is 3.53. The molecule has 1 saturated heterocycles. The first kappa shape index (κ1) is 21.4. The fraction of sp³-hybridized carbons (Fsp3) is 0.600. The van der Waals surface area contributed by atoms with Gasteiger partial charge in [0.25, 0.3) is 11.8 Å². The minimum Gasteiger partial charge on any atom is -0.370 e. The Bertz CT molecular complexity index is 744. The zero-order chi connectivity index (χ0) is 21.0. The average Bonchev–Trinajstić information content (AvgIpc) is 3.45. The van der Waals surface area contributed by atoms with Crippen LogP contribution in [0.15, 0.2) is 18.2 Å². The quantitative estimate of drug-likeness (QED) is 0.634. The van der Waals surface area contributed by atoms with Gasteiger partial charge >= 0.3 is 6.18 Å². The maximum absolute atomic E-state index is 13.2. The molecule has 0 spiro atoms. The van der Waals surface area contributed by atoms with Gasteiger partial charge < -0.3 is 20.4 Å². The average molecular weight is 413 g/mol. The highest BCUT2D eigenvalue weighted by molar-refractivity contribution is 5.95. The molecule has 3 rings (SSSR count). The Hall–Kier alpha value is -2.29. The Labute approximate surface area is 168 Å². The van der Waals surface area contributed by atoms with E-state index >= 15 is 0 Å². The maximum Gasteiger partial charge on any atom is 0.416 e. The number of nitrogens with one attached hydrogen (secondary N) is 3. The van der Waals surface area contributed by atoms with Crippen molar-refractivity contribution < 1.29 is 27.7 Å². The van der Waals surface area contributed by atoms with Crippen molar-refractivity contribution in [3.05, 3.63) is 23.8 Å². The van der Waals surface area contributed by atoms with Crippen molar-refractivity contribution in [3.63, 3.8) is 0 Å². The molecule has 3 N–H and O–H groups in total. The molecule has 160 valence electrons. The number of rotatable bonds is 7. The second-order valence-electron chi connectivity index (χ2n) is 7.98. The molecule has 1 aliphatic carbocycles. The molecule has 2 aliphatic rings. The first-order valence-corrected chi connectivity index (χ1v) is 10.1. The van der Waals surface area contributed by atoms with Crippen LogP contribution < -0.4 is 20.4 Å². The molecule has 0 bridgehead atoms. The summed E-state index contributed by atoms with van der Waals surface area (Å²) in [4.78, 5) is 27.0. The van der Waals surface area contributed by atoms with Crippen LogP contribution in [0.25, 0.3) is 0 Å². The zero-order valence-electron chi connectivity index (χ0n) is 16.6. The normalized spacial score (nSPS) is 18.3. The van der Waals surface area contributed by atoms with Crippen molar-refractivity contribution in [1.29, 1.82) is 0 Å². The van der Waals surface area contributed by atoms with E-state index < -0.39 is 17.6 Å². The molecule has 1 aromatic rings. The zero-order valence-corrected chi connectivity index (χ0v) is 16.6. The van der Waals surface area contributed by atoms with Gasteiger partial charge in [-0.25, -0.2) is 0 Å². The standard InChI is InChI=1S/C20H27F3N4O2/c1-26(12-18(28)24-15-6-7-15)13-19(29)25-16-11-14(20(21,22)23)5-8-17(16)27-9-3-2-4-10-27/h5,8,11,15H,2-4,6-7,9-10,12-13H2,1H3,(H,24,28)(H,25,29)/p+1. The number of carbonyl (C=O) groups excluding carboxylic acids is 2.